The van der Waals surface area contributed by atoms with Crippen molar-refractivity contribution in [1.82, 2.24) is 15.2 Å². The van der Waals surface area contributed by atoms with Crippen LogP contribution in [0.3, 0.4) is 0 Å². The maximum atomic E-state index is 12.6. The molecule has 0 radical (unpaired) electrons. The molecule has 5 heteroatoms. The van der Waals surface area contributed by atoms with E-state index in [0.717, 1.165) is 26.1 Å². The number of carbonyl (C=O) groups excluding carboxylic acids is 1. The number of aromatic nitrogens is 1. The van der Waals surface area contributed by atoms with Crippen molar-refractivity contribution in [3.05, 3.63) is 34.2 Å². The Bertz CT molecular complexity index is 530. The van der Waals surface area contributed by atoms with Gasteiger partial charge in [0.2, 0.25) is 5.56 Å². The largest absolute Gasteiger partial charge is 0.337 e. The number of hydrogen-bond acceptors (Lipinski definition) is 3. The lowest BCUT2D eigenvalue weighted by Crippen LogP contribution is -2.42. The van der Waals surface area contributed by atoms with Crippen LogP contribution in [0.5, 0.6) is 0 Å². The molecule has 1 amide bonds. The molecule has 1 aromatic rings. The summed E-state index contributed by atoms with van der Waals surface area (Å²) in [6, 6.07) is 3.48. The number of H-pyrrole nitrogens is 1. The third-order valence-electron chi connectivity index (χ3n) is 4.09. The van der Waals surface area contributed by atoms with E-state index in [2.05, 4.69) is 10.3 Å². The molecule has 2 heterocycles. The third kappa shape index (κ3) is 3.28. The van der Waals surface area contributed by atoms with Crippen molar-refractivity contribution >= 4 is 5.91 Å². The van der Waals surface area contributed by atoms with E-state index >= 15 is 0 Å². The van der Waals surface area contributed by atoms with Gasteiger partial charge in [0.25, 0.3) is 5.91 Å². The van der Waals surface area contributed by atoms with Crippen LogP contribution in [0.2, 0.25) is 0 Å². The van der Waals surface area contributed by atoms with Crippen molar-refractivity contribution in [3.8, 4) is 0 Å². The van der Waals surface area contributed by atoms with Crippen molar-refractivity contribution in [1.29, 1.82) is 0 Å². The van der Waals surface area contributed by atoms with Crippen LogP contribution in [0.1, 0.15) is 36.0 Å². The summed E-state index contributed by atoms with van der Waals surface area (Å²) < 4.78 is 0. The number of rotatable bonds is 5. The van der Waals surface area contributed by atoms with Crippen LogP contribution >= 0.6 is 0 Å². The first-order valence-electron chi connectivity index (χ1n) is 7.44. The summed E-state index contributed by atoms with van der Waals surface area (Å²) in [7, 11) is 0. The molecule has 5 nitrogen and oxygen atoms in total. The molecule has 1 saturated carbocycles. The topological polar surface area (TPSA) is 65.2 Å². The fourth-order valence-corrected chi connectivity index (χ4v) is 2.79. The molecule has 1 aromatic heterocycles. The average molecular weight is 275 g/mol. The maximum absolute atomic E-state index is 12.6. The van der Waals surface area contributed by atoms with E-state index in [1.54, 1.807) is 12.3 Å². The van der Waals surface area contributed by atoms with Crippen molar-refractivity contribution in [3.63, 3.8) is 0 Å². The highest BCUT2D eigenvalue weighted by molar-refractivity contribution is 5.94. The number of nitrogens with one attached hydrogen (secondary N) is 2. The van der Waals surface area contributed by atoms with E-state index in [9.17, 15) is 9.59 Å². The predicted octanol–water partition coefficient (Wildman–Crippen LogP) is 0.979. The minimum Gasteiger partial charge on any atom is -0.337 e. The van der Waals surface area contributed by atoms with E-state index in [1.807, 2.05) is 4.90 Å². The van der Waals surface area contributed by atoms with Crippen LogP contribution in [-0.4, -0.2) is 41.5 Å². The lowest BCUT2D eigenvalue weighted by Gasteiger charge is -2.26. The van der Waals surface area contributed by atoms with Crippen LogP contribution in [0.4, 0.5) is 0 Å². The summed E-state index contributed by atoms with van der Waals surface area (Å²) >= 11 is 0. The van der Waals surface area contributed by atoms with Crippen LogP contribution in [0.15, 0.2) is 23.1 Å². The zero-order valence-electron chi connectivity index (χ0n) is 11.6. The number of carbonyl (C=O) groups is 1. The predicted molar refractivity (Wildman–Crippen MR) is 76.7 cm³/mol. The SMILES string of the molecule is O=C(c1cc[nH]c(=O)c1)N(CC1CC1)CC1CCCN1. The fourth-order valence-electron chi connectivity index (χ4n) is 2.79. The molecule has 2 aliphatic rings. The van der Waals surface area contributed by atoms with Crippen molar-refractivity contribution in [2.24, 2.45) is 5.92 Å². The van der Waals surface area contributed by atoms with Gasteiger partial charge in [-0.1, -0.05) is 0 Å². The lowest BCUT2D eigenvalue weighted by atomic mass is 10.1. The molecular weight excluding hydrogens is 254 g/mol. The molecular formula is C15H21N3O2. The lowest BCUT2D eigenvalue weighted by molar-refractivity contribution is 0.0733. The number of hydrogen-bond donors (Lipinski definition) is 2. The molecule has 1 saturated heterocycles. The zero-order valence-corrected chi connectivity index (χ0v) is 11.6. The molecule has 108 valence electrons. The summed E-state index contributed by atoms with van der Waals surface area (Å²) in [5.41, 5.74) is 0.272. The van der Waals surface area contributed by atoms with Crippen LogP contribution < -0.4 is 10.9 Å². The summed E-state index contributed by atoms with van der Waals surface area (Å²) in [4.78, 5) is 28.4. The highest BCUT2D eigenvalue weighted by Crippen LogP contribution is 2.30. The second kappa shape index (κ2) is 5.79. The molecule has 0 aromatic carbocycles. The Balaban J connectivity index is 1.72. The molecule has 3 rings (SSSR count). The standard InChI is InChI=1S/C15H21N3O2/c19-14-8-12(5-7-17-14)15(20)18(9-11-3-4-11)10-13-2-1-6-16-13/h5,7-8,11,13,16H,1-4,6,9-10H2,(H,17,19). The van der Waals surface area contributed by atoms with Crippen molar-refractivity contribution in [2.45, 2.75) is 31.7 Å². The second-order valence-electron chi connectivity index (χ2n) is 5.89. The number of pyridine rings is 1. The monoisotopic (exact) mass is 275 g/mol. The maximum Gasteiger partial charge on any atom is 0.254 e. The average Bonchev–Trinajstić information content (AvgIpc) is 3.11. The summed E-state index contributed by atoms with van der Waals surface area (Å²) in [6.07, 6.45) is 6.29. The Morgan fingerprint density at radius 1 is 1.30 bits per heavy atom. The first-order valence-corrected chi connectivity index (χ1v) is 7.44. The van der Waals surface area contributed by atoms with Gasteiger partial charge in [0.05, 0.1) is 0 Å². The van der Waals surface area contributed by atoms with Gasteiger partial charge in [-0.25, -0.2) is 0 Å². The molecule has 2 N–H and O–H groups in total. The number of nitrogens with zero attached hydrogens (tertiary/aromatic N) is 1. The van der Waals surface area contributed by atoms with E-state index in [-0.39, 0.29) is 11.5 Å². The molecule has 0 bridgehead atoms. The Morgan fingerprint density at radius 2 is 2.15 bits per heavy atom. The van der Waals surface area contributed by atoms with Crippen LogP contribution in [-0.2, 0) is 0 Å². The van der Waals surface area contributed by atoms with Gasteiger partial charge in [0.15, 0.2) is 0 Å². The minimum atomic E-state index is -0.221. The molecule has 0 spiro atoms. The van der Waals surface area contributed by atoms with Gasteiger partial charge in [-0.05, 0) is 44.2 Å². The molecule has 1 aliphatic carbocycles. The van der Waals surface area contributed by atoms with Crippen LogP contribution in [0, 0.1) is 5.92 Å². The molecule has 1 aliphatic heterocycles. The molecule has 20 heavy (non-hydrogen) atoms. The Kier molecular flexibility index (Phi) is 3.87. The summed E-state index contributed by atoms with van der Waals surface area (Å²) in [6.45, 7) is 2.62. The van der Waals surface area contributed by atoms with Gasteiger partial charge < -0.3 is 15.2 Å². The smallest absolute Gasteiger partial charge is 0.254 e. The van der Waals surface area contributed by atoms with Crippen molar-refractivity contribution in [2.75, 3.05) is 19.6 Å². The van der Waals surface area contributed by atoms with Gasteiger partial charge in [-0.3, -0.25) is 9.59 Å². The Labute approximate surface area is 118 Å². The zero-order chi connectivity index (χ0) is 13.9. The molecule has 1 atom stereocenters. The molecule has 1 unspecified atom stereocenters. The first kappa shape index (κ1) is 13.4. The van der Waals surface area contributed by atoms with Gasteiger partial charge in [-0.2, -0.15) is 0 Å². The minimum absolute atomic E-state index is 0.0169. The Morgan fingerprint density at radius 3 is 2.80 bits per heavy atom. The fraction of sp³-hybridized carbons (Fsp3) is 0.600. The highest BCUT2D eigenvalue weighted by atomic mass is 16.2. The summed E-state index contributed by atoms with van der Waals surface area (Å²) in [5, 5.41) is 3.44. The van der Waals surface area contributed by atoms with E-state index in [4.69, 9.17) is 0 Å². The van der Waals surface area contributed by atoms with Crippen molar-refractivity contribution < 1.29 is 4.79 Å². The molecule has 2 fully saturated rings. The normalized spacial score (nSPS) is 21.9. The van der Waals surface area contributed by atoms with Gasteiger partial charge in [0, 0.05) is 37.0 Å². The van der Waals surface area contributed by atoms with Gasteiger partial charge in [-0.15, -0.1) is 0 Å². The van der Waals surface area contributed by atoms with E-state index in [1.165, 1.54) is 25.3 Å². The summed E-state index contributed by atoms with van der Waals surface area (Å²) in [5.74, 6) is 0.638. The van der Waals surface area contributed by atoms with Crippen LogP contribution in [0.25, 0.3) is 0 Å². The number of aromatic amines is 1. The van der Waals surface area contributed by atoms with E-state index in [0.29, 0.717) is 17.5 Å². The van der Waals surface area contributed by atoms with E-state index < -0.39 is 0 Å². The first-order chi connectivity index (χ1) is 9.72. The Hall–Kier alpha value is -1.62. The second-order valence-corrected chi connectivity index (χ2v) is 5.89. The third-order valence-corrected chi connectivity index (χ3v) is 4.09. The van der Waals surface area contributed by atoms with Gasteiger partial charge >= 0.3 is 0 Å². The highest BCUT2D eigenvalue weighted by Gasteiger charge is 2.29. The quantitative estimate of drug-likeness (QED) is 0.842. The van der Waals surface area contributed by atoms with Gasteiger partial charge in [0.1, 0.15) is 0 Å². The number of amides is 1.